The number of aliphatic hydroxyl groups excluding tert-OH is 8. The first-order valence-corrected chi connectivity index (χ1v) is 37.1. The van der Waals surface area contributed by atoms with E-state index in [4.69, 9.17) is 69.0 Å². The van der Waals surface area contributed by atoms with Gasteiger partial charge >= 0.3 is 5.97 Å². The number of aromatic hydroxyl groups is 3. The maximum atomic E-state index is 16.1. The number of ether oxygens (including phenoxy) is 6. The van der Waals surface area contributed by atoms with Gasteiger partial charge in [0.1, 0.15) is 120 Å². The number of nitrogens with one attached hydrogen (secondary N) is 8. The molecular weight excluding hydrogens is 1590 g/mol. The normalized spacial score (nSPS) is 27.1. The lowest BCUT2D eigenvalue weighted by Crippen LogP contribution is -2.65. The molecule has 2 fully saturated rings. The Kier molecular flexibility index (Phi) is 26.2. The topological polar surface area (TPSA) is 583 Å². The Labute approximate surface area is 672 Å². The minimum absolute atomic E-state index is 0.0451. The van der Waals surface area contributed by atoms with Crippen molar-refractivity contribution in [2.24, 2.45) is 11.7 Å². The quantitative estimate of drug-likeness (QED) is 0.0559. The maximum absolute atomic E-state index is 16.1. The number of primary amides is 1. The number of carboxylic acid groups (broad SMARTS) is 1. The Balaban J connectivity index is 0.978. The number of nitrogens with zero attached hydrogens (tertiary/aromatic N) is 2. The van der Waals surface area contributed by atoms with Crippen molar-refractivity contribution in [2.75, 3.05) is 20.2 Å². The van der Waals surface area contributed by atoms with Gasteiger partial charge in [0.05, 0.1) is 40.5 Å². The molecule has 0 spiro atoms. The van der Waals surface area contributed by atoms with Crippen molar-refractivity contribution in [3.63, 3.8) is 0 Å². The number of hydrogen-bond acceptors (Lipinski definition) is 29. The maximum Gasteiger partial charge on any atom is 0.330 e. The van der Waals surface area contributed by atoms with Crippen LogP contribution in [-0.2, 0) is 59.1 Å². The van der Waals surface area contributed by atoms with Crippen LogP contribution in [0.2, 0.25) is 15.1 Å². The van der Waals surface area contributed by atoms with Gasteiger partial charge in [0.2, 0.25) is 53.4 Å². The van der Waals surface area contributed by atoms with E-state index in [1.54, 1.807) is 50.2 Å². The molecule has 0 aliphatic carbocycles. The van der Waals surface area contributed by atoms with Gasteiger partial charge in [0.15, 0.2) is 23.8 Å². The zero-order chi connectivity index (χ0) is 83.6. The summed E-state index contributed by atoms with van der Waals surface area (Å²) in [4.78, 5) is 117. The molecule has 2 saturated heterocycles. The van der Waals surface area contributed by atoms with Gasteiger partial charge in [-0.15, -0.1) is 0 Å². The number of carbonyl (C=O) groups excluding carboxylic acids is 7. The first-order chi connectivity index (χ1) is 55.2. The fraction of sp³-hybridized carbons (Fsp3) is 0.368. The molecule has 7 aromatic rings. The van der Waals surface area contributed by atoms with Crippen molar-refractivity contribution in [1.29, 1.82) is 0 Å². The summed E-state index contributed by atoms with van der Waals surface area (Å²) in [7, 11) is 1.46. The fourth-order valence-corrected chi connectivity index (χ4v) is 14.4. The van der Waals surface area contributed by atoms with Gasteiger partial charge in [-0.05, 0) is 121 Å². The summed E-state index contributed by atoms with van der Waals surface area (Å²) in [5.41, 5.74) is 4.42. The second-order valence-electron chi connectivity index (χ2n) is 28.4. The average Bonchev–Trinajstić information content (AvgIpc) is 0.770. The van der Waals surface area contributed by atoms with E-state index < -0.39 is 255 Å². The smallest absolute Gasteiger partial charge is 0.330 e. The predicted octanol–water partition coefficient (Wildman–Crippen LogP) is 0.601. The molecule has 7 aliphatic heterocycles. The van der Waals surface area contributed by atoms with E-state index in [-0.39, 0.29) is 42.1 Å². The number of aliphatic carboxylic acids is 1. The van der Waals surface area contributed by atoms with E-state index in [1.165, 1.54) is 13.1 Å². The molecule has 8 heterocycles. The van der Waals surface area contributed by atoms with Crippen LogP contribution < -0.4 is 62.5 Å². The Morgan fingerprint density at radius 2 is 1.23 bits per heavy atom. The van der Waals surface area contributed by atoms with Crippen LogP contribution in [-0.4, -0.2) is 225 Å². The Morgan fingerprint density at radius 1 is 0.612 bits per heavy atom. The van der Waals surface area contributed by atoms with Crippen LogP contribution in [0.15, 0.2) is 115 Å². The number of amides is 7. The minimum atomic E-state index is -2.39. The SMILES string of the molecule is CN[C@H](CC(C)C)C(=O)NC1C(=O)N[C@@H](CC(N)=O)C(=O)N[C@H]2C(=O)N[C@H]3C(=O)N[C@H](C(=O)N[C@@H](C(=O)O)c4cc(O)cc(O)c4-c4cc3ccc4O)[C@H](O)c3ccc(c(Cl)c3)Oc3cc2cc(c3O[C@@H]2O[C@H](CO)[C@@H](O[C@@H]3O[C@H](CNCc4ccc(-c5ccc(Cl)cc5)nn4)[C@H](O)[C@H](O)[C@H]3O)[C@H](O)[C@H]2O)Oc2ccc(cc2Cl)[C@H]1O. The van der Waals surface area contributed by atoms with Crippen LogP contribution in [0, 0.1) is 5.92 Å². The molecule has 14 rings (SSSR count). The van der Waals surface area contributed by atoms with E-state index >= 15 is 14.4 Å². The summed E-state index contributed by atoms with van der Waals surface area (Å²) >= 11 is 20.2. The van der Waals surface area contributed by atoms with E-state index in [9.17, 15) is 85.3 Å². The molecule has 11 bridgehead atoms. The Morgan fingerprint density at radius 3 is 1.84 bits per heavy atom. The molecule has 116 heavy (non-hydrogen) atoms. The number of rotatable bonds is 18. The summed E-state index contributed by atoms with van der Waals surface area (Å²) < 4.78 is 37.8. The van der Waals surface area contributed by atoms with E-state index in [2.05, 4.69) is 52.7 Å². The third kappa shape index (κ3) is 18.4. The summed E-state index contributed by atoms with van der Waals surface area (Å²) in [5.74, 6) is -16.6. The molecule has 0 saturated carbocycles. The molecular formula is C76H80Cl3N11O26. The zero-order valence-electron chi connectivity index (χ0n) is 61.2. The number of fused-ring (bicyclic) bond motifs is 15. The van der Waals surface area contributed by atoms with Gasteiger partial charge in [-0.25, -0.2) is 4.79 Å². The van der Waals surface area contributed by atoms with E-state index in [1.807, 2.05) is 0 Å². The third-order valence-corrected chi connectivity index (χ3v) is 20.7. The highest BCUT2D eigenvalue weighted by Gasteiger charge is 2.52. The number of carboxylic acids is 1. The van der Waals surface area contributed by atoms with Crippen LogP contribution in [0.5, 0.6) is 46.0 Å². The molecule has 22 N–H and O–H groups in total. The van der Waals surface area contributed by atoms with E-state index in [0.717, 1.165) is 78.4 Å². The number of aliphatic hydroxyl groups is 8. The first-order valence-electron chi connectivity index (χ1n) is 36.0. The Bertz CT molecular complexity index is 4900. The van der Waals surface area contributed by atoms with Crippen molar-refractivity contribution in [3.05, 3.63) is 164 Å². The number of phenolic OH excluding ortho intramolecular Hbond substituents is 3. The number of phenols is 3. The van der Waals surface area contributed by atoms with Crippen molar-refractivity contribution >= 4 is 82.1 Å². The molecule has 7 aliphatic rings. The van der Waals surface area contributed by atoms with Crippen molar-refractivity contribution < 1.29 is 128 Å². The molecule has 1 aromatic heterocycles. The minimum Gasteiger partial charge on any atom is -0.508 e. The second-order valence-corrected chi connectivity index (χ2v) is 29.6. The summed E-state index contributed by atoms with van der Waals surface area (Å²) in [6.45, 7) is 2.32. The lowest BCUT2D eigenvalue weighted by molar-refractivity contribution is -0.350. The van der Waals surface area contributed by atoms with Crippen molar-refractivity contribution in [3.8, 4) is 68.4 Å². The average molecular weight is 1670 g/mol. The third-order valence-electron chi connectivity index (χ3n) is 19.8. The van der Waals surface area contributed by atoms with Gasteiger partial charge in [-0.1, -0.05) is 79.0 Å². The second kappa shape index (κ2) is 35.8. The van der Waals surface area contributed by atoms with Gasteiger partial charge in [-0.3, -0.25) is 33.6 Å². The number of benzene rings is 6. The number of carbonyl (C=O) groups is 8. The highest BCUT2D eigenvalue weighted by atomic mass is 35.5. The molecule has 1 unspecified atom stereocenters. The molecule has 616 valence electrons. The number of nitrogens with two attached hydrogens (primary N) is 1. The van der Waals surface area contributed by atoms with Crippen LogP contribution in [0.3, 0.4) is 0 Å². The Hall–Kier alpha value is -10.7. The fourth-order valence-electron chi connectivity index (χ4n) is 13.8. The van der Waals surface area contributed by atoms with Gasteiger partial charge in [-0.2, -0.15) is 10.2 Å². The van der Waals surface area contributed by atoms with Crippen molar-refractivity contribution in [2.45, 2.75) is 149 Å². The van der Waals surface area contributed by atoms with Gasteiger partial charge < -0.3 is 138 Å². The van der Waals surface area contributed by atoms with Crippen LogP contribution >= 0.6 is 34.8 Å². The summed E-state index contributed by atoms with van der Waals surface area (Å²) in [5, 5.41) is 167. The summed E-state index contributed by atoms with van der Waals surface area (Å²) in [6.07, 6.45) is -25.0. The summed E-state index contributed by atoms with van der Waals surface area (Å²) in [6, 6.07) is 8.98. The monoisotopic (exact) mass is 1670 g/mol. The van der Waals surface area contributed by atoms with Gasteiger partial charge in [0.25, 0.3) is 0 Å². The molecule has 19 atom stereocenters. The first kappa shape index (κ1) is 84.7. The van der Waals surface area contributed by atoms with Crippen LogP contribution in [0.4, 0.5) is 0 Å². The molecule has 0 radical (unpaired) electrons. The standard InChI is InChI=1S/C76H80Cl3N11O26/c1-28(2)16-42(81-3)68(103)87-57-59(96)31-7-14-46(39(78)18-31)111-48-20-33-21-49(66(48)115-76-65(102)63(100)67(51(27-91)114-76)116-75-64(101)62(99)61(98)50(113-75)26-82-25-35-11-12-41(90-89-35)29-4-9-34(77)10-5-29)112-47-15-8-32(19-40(47)79)60(97)58-73(108)86-56(74(109)110)38-22-36(92)23-45(94)53(38)37-17-30(6-13-44(37)93)54(70(105)88-58)85-71(106)55(33)84-69(104)43(24-52(80)95)83-72(57)107/h4-15,17-23,28,42-43,50-51,54-65,67,75-76,81-82,91-94,96-102H,16,24-27H2,1-3H3,(H2,80,95)(H,83,107)(H,84,104)(H,85,106)(H,86,108)(H,87,103)(H,88,105)(H,109,110)/t42-,43+,50-,51-,54-,55-,56-,57?,58+,59-,60-,61+,62+,63-,64-,65-,67-,75+,76+/m1/s1. The molecule has 37 nitrogen and oxygen atoms in total. The number of aromatic nitrogens is 2. The predicted molar refractivity (Wildman–Crippen MR) is 403 cm³/mol. The lowest BCUT2D eigenvalue weighted by Gasteiger charge is -2.46. The molecule has 7 amide bonds. The molecule has 6 aromatic carbocycles. The number of likely N-dealkylation sites (N-methyl/N-ethyl adjacent to an activating group) is 1. The zero-order valence-corrected chi connectivity index (χ0v) is 63.5. The highest BCUT2D eigenvalue weighted by molar-refractivity contribution is 6.32. The van der Waals surface area contributed by atoms with Crippen LogP contribution in [0.1, 0.15) is 90.5 Å². The molecule has 40 heteroatoms. The number of hydrogen-bond donors (Lipinski definition) is 21. The lowest BCUT2D eigenvalue weighted by atomic mass is 9.89. The van der Waals surface area contributed by atoms with Crippen molar-refractivity contribution in [1.82, 2.24) is 52.7 Å². The van der Waals surface area contributed by atoms with Gasteiger partial charge in [0, 0.05) is 46.4 Å². The van der Waals surface area contributed by atoms with E-state index in [0.29, 0.717) is 16.4 Å². The largest absolute Gasteiger partial charge is 0.508 e. The highest BCUT2D eigenvalue weighted by Crippen LogP contribution is 2.50. The number of halogens is 3. The van der Waals surface area contributed by atoms with Crippen LogP contribution in [0.25, 0.3) is 22.4 Å².